The van der Waals surface area contributed by atoms with Crippen LogP contribution in [0.25, 0.3) is 0 Å². The smallest absolute Gasteiger partial charge is 0.397 e. The highest BCUT2D eigenvalue weighted by Crippen LogP contribution is 2.26. The van der Waals surface area contributed by atoms with Crippen molar-refractivity contribution in [2.24, 2.45) is 0 Å². The minimum Gasteiger partial charge on any atom is -0.492 e. The highest BCUT2D eigenvalue weighted by molar-refractivity contribution is 6.37. The van der Waals surface area contributed by atoms with Crippen LogP contribution in [0.4, 0.5) is 11.4 Å². The number of nitrogens with two attached hydrogens (primary N) is 1. The number of anilines is 2. The highest BCUT2D eigenvalue weighted by atomic mass is 16.5. The van der Waals surface area contributed by atoms with Gasteiger partial charge in [-0.25, -0.2) is 4.79 Å². The van der Waals surface area contributed by atoms with E-state index in [4.69, 9.17) is 20.5 Å². The lowest BCUT2D eigenvalue weighted by Gasteiger charge is -2.11. The van der Waals surface area contributed by atoms with Gasteiger partial charge < -0.3 is 25.3 Å². The van der Waals surface area contributed by atoms with Gasteiger partial charge in [-0.15, -0.1) is 0 Å². The van der Waals surface area contributed by atoms with E-state index in [0.717, 1.165) is 38.5 Å². The summed E-state index contributed by atoms with van der Waals surface area (Å²) in [6.07, 6.45) is 6.32. The van der Waals surface area contributed by atoms with Crippen molar-refractivity contribution < 1.29 is 23.8 Å². The fourth-order valence-electron chi connectivity index (χ4n) is 3.10. The van der Waals surface area contributed by atoms with Gasteiger partial charge in [-0.3, -0.25) is 4.79 Å². The topological polar surface area (TPSA) is 147 Å². The van der Waals surface area contributed by atoms with Crippen molar-refractivity contribution in [2.45, 2.75) is 59.3 Å². The van der Waals surface area contributed by atoms with Crippen LogP contribution >= 0.6 is 0 Å². The number of benzene rings is 2. The van der Waals surface area contributed by atoms with Crippen LogP contribution in [-0.4, -0.2) is 31.7 Å². The van der Waals surface area contributed by atoms with Crippen LogP contribution in [-0.2, 0) is 14.3 Å². The number of carbonyl (C=O) groups excluding carboxylic acids is 2. The summed E-state index contributed by atoms with van der Waals surface area (Å²) in [5, 5.41) is 20.5. The maximum Gasteiger partial charge on any atom is 0.397 e. The zero-order chi connectivity index (χ0) is 27.5. The Hall–Kier alpha value is -4.24. The number of unbranched alkanes of at least 4 members (excludes halogenated alkanes) is 4. The number of hydrogen-bond donors (Lipinski definition) is 2. The van der Waals surface area contributed by atoms with Crippen molar-refractivity contribution in [1.29, 1.82) is 10.5 Å². The van der Waals surface area contributed by atoms with Crippen molar-refractivity contribution in [3.63, 3.8) is 0 Å². The second-order valence-electron chi connectivity index (χ2n) is 7.91. The second-order valence-corrected chi connectivity index (χ2v) is 7.91. The molecule has 0 heterocycles. The maximum atomic E-state index is 11.6. The van der Waals surface area contributed by atoms with Gasteiger partial charge in [0.15, 0.2) is 0 Å². The van der Waals surface area contributed by atoms with Gasteiger partial charge in [0.2, 0.25) is 0 Å². The minimum absolute atomic E-state index is 0.109. The van der Waals surface area contributed by atoms with E-state index >= 15 is 0 Å². The van der Waals surface area contributed by atoms with E-state index in [1.54, 1.807) is 37.3 Å². The molecule has 0 unspecified atom stereocenters. The Bertz CT molecular complexity index is 1090. The summed E-state index contributed by atoms with van der Waals surface area (Å²) in [7, 11) is 0. The van der Waals surface area contributed by atoms with Gasteiger partial charge in [0.05, 0.1) is 31.2 Å². The van der Waals surface area contributed by atoms with E-state index < -0.39 is 11.9 Å². The number of nitrogen functional groups attached to an aromatic ring is 1. The van der Waals surface area contributed by atoms with Gasteiger partial charge in [0.25, 0.3) is 0 Å². The number of esters is 1. The van der Waals surface area contributed by atoms with E-state index in [1.165, 1.54) is 6.07 Å². The van der Waals surface area contributed by atoms with E-state index in [0.29, 0.717) is 36.0 Å². The Kier molecular flexibility index (Phi) is 15.1. The lowest BCUT2D eigenvalue weighted by molar-refractivity contribution is -0.152. The predicted octanol–water partition coefficient (Wildman–Crippen LogP) is 5.34. The Labute approximate surface area is 219 Å². The van der Waals surface area contributed by atoms with Gasteiger partial charge in [-0.2, -0.15) is 10.5 Å². The lowest BCUT2D eigenvalue weighted by atomic mass is 10.1. The van der Waals surface area contributed by atoms with Crippen LogP contribution in [0.1, 0.15) is 70.4 Å². The molecule has 0 saturated heterocycles. The number of carbonyl (C=O) groups is 2. The largest absolute Gasteiger partial charge is 0.492 e. The molecule has 9 nitrogen and oxygen atoms in total. The lowest BCUT2D eigenvalue weighted by Crippen LogP contribution is -2.25. The molecule has 198 valence electrons. The van der Waals surface area contributed by atoms with Crippen LogP contribution in [0.2, 0.25) is 0 Å². The second kappa shape index (κ2) is 18.1. The van der Waals surface area contributed by atoms with E-state index in [9.17, 15) is 14.9 Å². The quantitative estimate of drug-likeness (QED) is 0.169. The highest BCUT2D eigenvalue weighted by Gasteiger charge is 2.18. The fourth-order valence-corrected chi connectivity index (χ4v) is 3.10. The molecule has 0 bridgehead atoms. The summed E-state index contributed by atoms with van der Waals surface area (Å²) in [4.78, 5) is 23.0. The van der Waals surface area contributed by atoms with Crippen molar-refractivity contribution in [3.8, 4) is 23.6 Å². The van der Waals surface area contributed by atoms with Crippen LogP contribution < -0.4 is 20.5 Å². The van der Waals surface area contributed by atoms with Crippen LogP contribution in [0.3, 0.4) is 0 Å². The first-order valence-electron chi connectivity index (χ1n) is 12.5. The first-order chi connectivity index (χ1) is 17.9. The Balaban J connectivity index is 0.000000397. The first-order valence-corrected chi connectivity index (χ1v) is 12.5. The fraction of sp³-hybridized carbons (Fsp3) is 0.429. The molecule has 0 fully saturated rings. The van der Waals surface area contributed by atoms with Gasteiger partial charge in [0.1, 0.15) is 34.8 Å². The summed E-state index contributed by atoms with van der Waals surface area (Å²) in [5.74, 6) is -0.920. The molecule has 0 aromatic heterocycles. The zero-order valence-electron chi connectivity index (χ0n) is 21.8. The number of nitrogens with one attached hydrogen (secondary N) is 1. The molecule has 0 spiro atoms. The number of amides is 1. The van der Waals surface area contributed by atoms with Crippen LogP contribution in [0.5, 0.6) is 11.5 Å². The molecule has 0 aliphatic carbocycles. The van der Waals surface area contributed by atoms with E-state index in [-0.39, 0.29) is 17.9 Å². The molecular weight excluding hydrogens is 472 g/mol. The molecule has 0 atom stereocenters. The molecule has 9 heteroatoms. The first kappa shape index (κ1) is 30.8. The predicted molar refractivity (Wildman–Crippen MR) is 142 cm³/mol. The van der Waals surface area contributed by atoms with Crippen molar-refractivity contribution in [2.75, 3.05) is 30.9 Å². The molecule has 3 N–H and O–H groups in total. The molecule has 0 aliphatic heterocycles. The molecule has 0 radical (unpaired) electrons. The van der Waals surface area contributed by atoms with Gasteiger partial charge in [0, 0.05) is 0 Å². The van der Waals surface area contributed by atoms with Gasteiger partial charge >= 0.3 is 11.9 Å². The normalized spacial score (nSPS) is 9.65. The third-order valence-corrected chi connectivity index (χ3v) is 5.03. The summed E-state index contributed by atoms with van der Waals surface area (Å²) in [5.41, 5.74) is 7.00. The Morgan fingerprint density at radius 1 is 0.838 bits per heavy atom. The van der Waals surface area contributed by atoms with E-state index in [1.807, 2.05) is 6.07 Å². The average Bonchev–Trinajstić information content (AvgIpc) is 2.90. The molecule has 0 aliphatic rings. The zero-order valence-corrected chi connectivity index (χ0v) is 21.8. The molecule has 2 aromatic rings. The van der Waals surface area contributed by atoms with Gasteiger partial charge in [-0.05, 0) is 44.0 Å². The molecule has 2 rings (SSSR count). The number of hydrogen-bond acceptors (Lipinski definition) is 8. The van der Waals surface area contributed by atoms with Crippen molar-refractivity contribution in [1.82, 2.24) is 0 Å². The minimum atomic E-state index is -0.986. The average molecular weight is 509 g/mol. The van der Waals surface area contributed by atoms with Crippen LogP contribution in [0.15, 0.2) is 36.4 Å². The SMILES string of the molecule is CCCCCOc1cccc(N)c1C#N.CCCCCOc1cccc(NC(=O)C(=O)OCC)c1C#N. The van der Waals surface area contributed by atoms with Crippen molar-refractivity contribution >= 4 is 23.3 Å². The monoisotopic (exact) mass is 508 g/mol. The molecule has 0 saturated carbocycles. The summed E-state index contributed by atoms with van der Waals surface area (Å²) >= 11 is 0. The number of nitrogens with zero attached hydrogens (tertiary/aromatic N) is 2. The Morgan fingerprint density at radius 3 is 1.89 bits per heavy atom. The molecule has 1 amide bonds. The standard InChI is InChI=1S/C16H20N2O4.C12H16N2O/c1-3-5-6-10-22-14-9-7-8-13(12(14)11-17)18-15(19)16(20)21-4-2;1-2-3-4-8-15-12-7-5-6-11(14)10(12)9-13/h7-9H,3-6,10H2,1-2H3,(H,18,19);5-7H,2-4,8,14H2,1H3. The number of ether oxygens (including phenoxy) is 3. The molecular formula is C28H36N4O5. The third kappa shape index (κ3) is 10.9. The summed E-state index contributed by atoms with van der Waals surface area (Å²) in [6.45, 7) is 7.09. The molecule has 2 aromatic carbocycles. The Morgan fingerprint density at radius 2 is 1.38 bits per heavy atom. The maximum absolute atomic E-state index is 11.6. The molecule has 37 heavy (non-hydrogen) atoms. The van der Waals surface area contributed by atoms with Crippen LogP contribution in [0, 0.1) is 22.7 Å². The third-order valence-electron chi connectivity index (χ3n) is 5.03. The summed E-state index contributed by atoms with van der Waals surface area (Å²) < 4.78 is 15.7. The van der Waals surface area contributed by atoms with E-state index in [2.05, 4.69) is 30.0 Å². The van der Waals surface area contributed by atoms with Crippen molar-refractivity contribution in [3.05, 3.63) is 47.5 Å². The van der Waals surface area contributed by atoms with Gasteiger partial charge in [-0.1, -0.05) is 51.7 Å². The number of rotatable bonds is 12. The summed E-state index contributed by atoms with van der Waals surface area (Å²) in [6, 6.07) is 14.2. The number of nitriles is 2.